The van der Waals surface area contributed by atoms with Crippen LogP contribution >= 0.6 is 15.9 Å². The summed E-state index contributed by atoms with van der Waals surface area (Å²) in [7, 11) is 0. The minimum Gasteiger partial charge on any atom is -0.503 e. The molecule has 4 aromatic rings. The highest BCUT2D eigenvalue weighted by atomic mass is 79.9. The van der Waals surface area contributed by atoms with E-state index in [9.17, 15) is 14.7 Å². The summed E-state index contributed by atoms with van der Waals surface area (Å²) in [5.74, 6) is -2.81. The summed E-state index contributed by atoms with van der Waals surface area (Å²) in [6.07, 6.45) is 2.26. The summed E-state index contributed by atoms with van der Waals surface area (Å²) in [6, 6.07) is 19.0. The number of Topliss-reactive ketones (excluding diaryl/α,β-unsaturated/α-hetero) is 1. The van der Waals surface area contributed by atoms with Crippen molar-refractivity contribution in [2.24, 2.45) is 0 Å². The molecule has 2 aliphatic rings. The van der Waals surface area contributed by atoms with Crippen molar-refractivity contribution in [3.8, 4) is 0 Å². The van der Waals surface area contributed by atoms with Crippen molar-refractivity contribution in [2.45, 2.75) is 18.9 Å². The second-order valence-electron chi connectivity index (χ2n) is 9.19. The Bertz CT molecular complexity index is 1570. The number of fused-ring (bicyclic) bond motifs is 1. The maximum Gasteiger partial charge on any atom is 0.294 e. The lowest BCUT2D eigenvalue weighted by atomic mass is 9.94. The van der Waals surface area contributed by atoms with Crippen LogP contribution in [0.2, 0.25) is 0 Å². The standard InChI is InChI=1S/C29H22BrFN2O4/c30-18-7-12-23-17(15-18)16-24(37-23)27(34)25-26(21-5-1-2-6-22(21)31)33(29(36)28(25)35)20-10-8-19(9-11-20)32-13-3-4-14-32/h1-2,5-12,15-16,26,35H,3-4,13-14H2. The number of carbonyl (C=O) groups excluding carboxylic acids is 2. The van der Waals surface area contributed by atoms with Gasteiger partial charge < -0.3 is 14.4 Å². The van der Waals surface area contributed by atoms with Gasteiger partial charge in [-0.3, -0.25) is 14.5 Å². The van der Waals surface area contributed by atoms with Crippen LogP contribution in [0.1, 0.15) is 35.0 Å². The number of benzene rings is 3. The number of amides is 1. The van der Waals surface area contributed by atoms with Crippen molar-refractivity contribution in [1.29, 1.82) is 0 Å². The number of ketones is 1. The summed E-state index contributed by atoms with van der Waals surface area (Å²) in [5.41, 5.74) is 1.83. The van der Waals surface area contributed by atoms with Crippen molar-refractivity contribution < 1.29 is 23.5 Å². The molecule has 0 aliphatic carbocycles. The zero-order valence-corrected chi connectivity index (χ0v) is 21.2. The fourth-order valence-electron chi connectivity index (χ4n) is 5.15. The molecule has 6 rings (SSSR count). The molecule has 186 valence electrons. The van der Waals surface area contributed by atoms with Gasteiger partial charge in [-0.25, -0.2) is 4.39 Å². The molecular formula is C29H22BrFN2O4. The fourth-order valence-corrected chi connectivity index (χ4v) is 5.53. The summed E-state index contributed by atoms with van der Waals surface area (Å²) < 4.78 is 21.7. The minimum atomic E-state index is -1.17. The molecule has 1 N–H and O–H groups in total. The summed E-state index contributed by atoms with van der Waals surface area (Å²) >= 11 is 3.40. The third-order valence-electron chi connectivity index (χ3n) is 6.95. The number of anilines is 2. The monoisotopic (exact) mass is 560 g/mol. The molecule has 2 aliphatic heterocycles. The zero-order chi connectivity index (χ0) is 25.7. The van der Waals surface area contributed by atoms with Crippen molar-refractivity contribution in [1.82, 2.24) is 0 Å². The topological polar surface area (TPSA) is 74.0 Å². The Balaban J connectivity index is 1.44. The van der Waals surface area contributed by atoms with Crippen molar-refractivity contribution >= 4 is 50.0 Å². The zero-order valence-electron chi connectivity index (χ0n) is 19.7. The number of furan rings is 1. The van der Waals surface area contributed by atoms with Crippen molar-refractivity contribution in [3.63, 3.8) is 0 Å². The molecule has 8 heteroatoms. The molecule has 0 spiro atoms. The molecule has 1 unspecified atom stereocenters. The lowest BCUT2D eigenvalue weighted by molar-refractivity contribution is -0.117. The van der Waals surface area contributed by atoms with Gasteiger partial charge in [-0.1, -0.05) is 34.1 Å². The Morgan fingerprint density at radius 3 is 2.41 bits per heavy atom. The highest BCUT2D eigenvalue weighted by molar-refractivity contribution is 9.10. The summed E-state index contributed by atoms with van der Waals surface area (Å²) in [5, 5.41) is 11.7. The highest BCUT2D eigenvalue weighted by Crippen LogP contribution is 2.43. The maximum absolute atomic E-state index is 15.1. The molecule has 0 radical (unpaired) electrons. The van der Waals surface area contributed by atoms with Gasteiger partial charge >= 0.3 is 0 Å². The Morgan fingerprint density at radius 2 is 1.68 bits per heavy atom. The quantitative estimate of drug-likeness (QED) is 0.274. The number of rotatable bonds is 5. The molecule has 1 saturated heterocycles. The number of aliphatic hydroxyl groups is 1. The van der Waals surface area contributed by atoms with Gasteiger partial charge in [0.2, 0.25) is 5.78 Å². The molecule has 1 amide bonds. The molecule has 3 aromatic carbocycles. The van der Waals surface area contributed by atoms with Crippen LogP contribution in [-0.4, -0.2) is 29.9 Å². The Kier molecular flexibility index (Phi) is 5.83. The predicted octanol–water partition coefficient (Wildman–Crippen LogP) is 6.72. The summed E-state index contributed by atoms with van der Waals surface area (Å²) in [6.45, 7) is 1.93. The first-order valence-corrected chi connectivity index (χ1v) is 12.8. The van der Waals surface area contributed by atoms with E-state index in [0.29, 0.717) is 16.7 Å². The first kappa shape index (κ1) is 23.5. The number of nitrogens with zero attached hydrogens (tertiary/aromatic N) is 2. The third-order valence-corrected chi connectivity index (χ3v) is 7.45. The number of hydrogen-bond acceptors (Lipinski definition) is 5. The van der Waals surface area contributed by atoms with Crippen LogP contribution in [0.5, 0.6) is 0 Å². The van der Waals surface area contributed by atoms with E-state index < -0.39 is 29.3 Å². The largest absolute Gasteiger partial charge is 0.503 e. The second kappa shape index (κ2) is 9.19. The van der Waals surface area contributed by atoms with E-state index in [-0.39, 0.29) is 16.9 Å². The van der Waals surface area contributed by atoms with Gasteiger partial charge in [0.25, 0.3) is 5.91 Å². The molecule has 1 atom stereocenters. The van der Waals surface area contributed by atoms with Gasteiger partial charge in [-0.2, -0.15) is 0 Å². The number of hydrogen-bond donors (Lipinski definition) is 1. The molecular weight excluding hydrogens is 539 g/mol. The van der Waals surface area contributed by atoms with Gasteiger partial charge in [0.05, 0.1) is 11.6 Å². The second-order valence-corrected chi connectivity index (χ2v) is 10.1. The SMILES string of the molecule is O=C(C1=C(O)C(=O)N(c2ccc(N3CCCC3)cc2)C1c1ccccc1F)c1cc2cc(Br)ccc2o1. The smallest absolute Gasteiger partial charge is 0.294 e. The van der Waals surface area contributed by atoms with E-state index in [0.717, 1.165) is 36.1 Å². The van der Waals surface area contributed by atoms with E-state index in [1.807, 2.05) is 12.1 Å². The molecule has 1 fully saturated rings. The van der Waals surface area contributed by atoms with Crippen LogP contribution in [0.3, 0.4) is 0 Å². The Morgan fingerprint density at radius 1 is 0.973 bits per heavy atom. The van der Waals surface area contributed by atoms with Gasteiger partial charge in [0.1, 0.15) is 11.4 Å². The lowest BCUT2D eigenvalue weighted by Gasteiger charge is -2.27. The minimum absolute atomic E-state index is 0.0463. The number of aliphatic hydroxyl groups excluding tert-OH is 1. The predicted molar refractivity (Wildman–Crippen MR) is 142 cm³/mol. The molecule has 1 aromatic heterocycles. The Hall–Kier alpha value is -3.91. The lowest BCUT2D eigenvalue weighted by Crippen LogP contribution is -2.31. The average Bonchev–Trinajstić information content (AvgIpc) is 3.63. The van der Waals surface area contributed by atoms with E-state index in [1.54, 1.807) is 42.5 Å². The third kappa shape index (κ3) is 4.01. The van der Waals surface area contributed by atoms with Crippen LogP contribution < -0.4 is 9.80 Å². The molecule has 0 bridgehead atoms. The highest BCUT2D eigenvalue weighted by Gasteiger charge is 2.46. The first-order chi connectivity index (χ1) is 17.9. The number of carbonyl (C=O) groups is 2. The van der Waals surface area contributed by atoms with Gasteiger partial charge in [-0.15, -0.1) is 0 Å². The molecule has 37 heavy (non-hydrogen) atoms. The van der Waals surface area contributed by atoms with Crippen molar-refractivity contribution in [3.05, 3.63) is 106 Å². The van der Waals surface area contributed by atoms with Crippen molar-refractivity contribution in [2.75, 3.05) is 22.9 Å². The van der Waals surface area contributed by atoms with E-state index >= 15 is 4.39 Å². The normalized spacial score (nSPS) is 17.9. The molecule has 3 heterocycles. The van der Waals surface area contributed by atoms with E-state index in [4.69, 9.17) is 4.42 Å². The van der Waals surface area contributed by atoms with E-state index in [2.05, 4.69) is 20.8 Å². The maximum atomic E-state index is 15.1. The fraction of sp³-hybridized carbons (Fsp3) is 0.172. The summed E-state index contributed by atoms with van der Waals surface area (Å²) in [4.78, 5) is 30.7. The molecule has 6 nitrogen and oxygen atoms in total. The van der Waals surface area contributed by atoms with Crippen LogP contribution in [0.15, 0.2) is 93.0 Å². The molecule has 0 saturated carbocycles. The van der Waals surface area contributed by atoms with Crippen LogP contribution in [-0.2, 0) is 4.79 Å². The van der Waals surface area contributed by atoms with Crippen LogP contribution in [0, 0.1) is 5.82 Å². The van der Waals surface area contributed by atoms with Gasteiger partial charge in [0, 0.05) is 39.9 Å². The van der Waals surface area contributed by atoms with Gasteiger partial charge in [-0.05, 0) is 67.4 Å². The first-order valence-electron chi connectivity index (χ1n) is 12.0. The number of halogens is 2. The average molecular weight is 561 g/mol. The van der Waals surface area contributed by atoms with Crippen LogP contribution in [0.25, 0.3) is 11.0 Å². The van der Waals surface area contributed by atoms with Crippen LogP contribution in [0.4, 0.5) is 15.8 Å². The van der Waals surface area contributed by atoms with Gasteiger partial charge in [0.15, 0.2) is 11.5 Å². The Labute approximate surface area is 220 Å². The van der Waals surface area contributed by atoms with E-state index in [1.165, 1.54) is 23.1 Å².